The van der Waals surface area contributed by atoms with Crippen LogP contribution in [0.4, 0.5) is 0 Å². The molecule has 1 saturated heterocycles. The molecule has 0 aromatic heterocycles. The Labute approximate surface area is 76.5 Å². The third-order valence-electron chi connectivity index (χ3n) is 1.82. The molecule has 0 radical (unpaired) electrons. The minimum absolute atomic E-state index is 0.154. The summed E-state index contributed by atoms with van der Waals surface area (Å²) >= 11 is 1.66. The Balaban J connectivity index is 2.29. The van der Waals surface area contributed by atoms with E-state index < -0.39 is 0 Å². The van der Waals surface area contributed by atoms with Gasteiger partial charge < -0.3 is 4.90 Å². The standard InChI is InChI=1S/C8H13NO2S/c1-7(10)2-3-9-4-5-12-6-8(9)11/h2-6H2,1H3. The number of hydrogen-bond acceptors (Lipinski definition) is 3. The van der Waals surface area contributed by atoms with Crippen LogP contribution >= 0.6 is 11.8 Å². The quantitative estimate of drug-likeness (QED) is 0.647. The molecule has 0 bridgehead atoms. The van der Waals surface area contributed by atoms with E-state index in [9.17, 15) is 9.59 Å². The van der Waals surface area contributed by atoms with Crippen molar-refractivity contribution in [2.45, 2.75) is 13.3 Å². The zero-order valence-corrected chi connectivity index (χ0v) is 8.02. The Morgan fingerprint density at radius 2 is 2.42 bits per heavy atom. The highest BCUT2D eigenvalue weighted by molar-refractivity contribution is 8.00. The predicted octanol–water partition coefficient (Wildman–Crippen LogP) is 0.541. The number of amides is 1. The number of rotatable bonds is 3. The third-order valence-corrected chi connectivity index (χ3v) is 2.74. The van der Waals surface area contributed by atoms with Crippen LogP contribution in [-0.4, -0.2) is 41.2 Å². The van der Waals surface area contributed by atoms with Crippen molar-refractivity contribution >= 4 is 23.5 Å². The molecule has 0 N–H and O–H groups in total. The molecule has 1 fully saturated rings. The number of thioether (sulfide) groups is 1. The maximum Gasteiger partial charge on any atom is 0.232 e. The fourth-order valence-corrected chi connectivity index (χ4v) is 1.93. The average Bonchev–Trinajstić information content (AvgIpc) is 2.03. The predicted molar refractivity (Wildman–Crippen MR) is 49.2 cm³/mol. The Morgan fingerprint density at radius 1 is 1.67 bits per heavy atom. The largest absolute Gasteiger partial charge is 0.341 e. The number of ketones is 1. The molecule has 0 aromatic rings. The van der Waals surface area contributed by atoms with Crippen LogP contribution in [0.5, 0.6) is 0 Å². The summed E-state index contributed by atoms with van der Waals surface area (Å²) in [5, 5.41) is 0. The van der Waals surface area contributed by atoms with Crippen molar-refractivity contribution in [1.29, 1.82) is 0 Å². The third kappa shape index (κ3) is 2.85. The summed E-state index contributed by atoms with van der Waals surface area (Å²) in [6, 6.07) is 0. The van der Waals surface area contributed by atoms with Crippen LogP contribution < -0.4 is 0 Å². The first-order valence-electron chi connectivity index (χ1n) is 4.05. The second-order valence-electron chi connectivity index (χ2n) is 2.89. The first-order chi connectivity index (χ1) is 5.70. The number of carbonyl (C=O) groups is 2. The molecule has 0 aromatic carbocycles. The zero-order chi connectivity index (χ0) is 8.97. The topological polar surface area (TPSA) is 37.4 Å². The summed E-state index contributed by atoms with van der Waals surface area (Å²) in [5.41, 5.74) is 0. The number of Topliss-reactive ketones (excluding diaryl/α,β-unsaturated/α-hetero) is 1. The molecular weight excluding hydrogens is 174 g/mol. The van der Waals surface area contributed by atoms with Crippen molar-refractivity contribution in [2.24, 2.45) is 0 Å². The van der Waals surface area contributed by atoms with E-state index >= 15 is 0 Å². The smallest absolute Gasteiger partial charge is 0.232 e. The molecule has 1 aliphatic rings. The van der Waals surface area contributed by atoms with Crippen molar-refractivity contribution in [3.05, 3.63) is 0 Å². The van der Waals surface area contributed by atoms with Gasteiger partial charge in [-0.3, -0.25) is 9.59 Å². The molecule has 4 heteroatoms. The van der Waals surface area contributed by atoms with E-state index in [1.165, 1.54) is 0 Å². The lowest BCUT2D eigenvalue weighted by atomic mass is 10.3. The summed E-state index contributed by atoms with van der Waals surface area (Å²) in [4.78, 5) is 23.6. The molecule has 1 rings (SSSR count). The average molecular weight is 187 g/mol. The van der Waals surface area contributed by atoms with Gasteiger partial charge in [-0.15, -0.1) is 0 Å². The van der Waals surface area contributed by atoms with Crippen LogP contribution in [0.1, 0.15) is 13.3 Å². The van der Waals surface area contributed by atoms with Crippen LogP contribution in [0.25, 0.3) is 0 Å². The van der Waals surface area contributed by atoms with Crippen LogP contribution in [0.2, 0.25) is 0 Å². The van der Waals surface area contributed by atoms with Crippen LogP contribution in [-0.2, 0) is 9.59 Å². The van der Waals surface area contributed by atoms with E-state index in [0.717, 1.165) is 12.3 Å². The summed E-state index contributed by atoms with van der Waals surface area (Å²) in [7, 11) is 0. The van der Waals surface area contributed by atoms with Crippen LogP contribution in [0.3, 0.4) is 0 Å². The minimum Gasteiger partial charge on any atom is -0.341 e. The molecule has 68 valence electrons. The van der Waals surface area contributed by atoms with Crippen LogP contribution in [0.15, 0.2) is 0 Å². The molecule has 3 nitrogen and oxygen atoms in total. The number of carbonyl (C=O) groups excluding carboxylic acids is 2. The first kappa shape index (κ1) is 9.58. The zero-order valence-electron chi connectivity index (χ0n) is 7.21. The van der Waals surface area contributed by atoms with Gasteiger partial charge in [0.2, 0.25) is 5.91 Å². The van der Waals surface area contributed by atoms with E-state index in [1.54, 1.807) is 23.6 Å². The van der Waals surface area contributed by atoms with E-state index in [2.05, 4.69) is 0 Å². The highest BCUT2D eigenvalue weighted by Gasteiger charge is 2.17. The normalized spacial score (nSPS) is 18.1. The Kier molecular flexibility index (Phi) is 3.59. The van der Waals surface area contributed by atoms with Crippen LogP contribution in [0, 0.1) is 0 Å². The maximum atomic E-state index is 11.2. The second kappa shape index (κ2) is 4.50. The Hall–Kier alpha value is -0.510. The maximum absolute atomic E-state index is 11.2. The van der Waals surface area contributed by atoms with Gasteiger partial charge in [0.1, 0.15) is 5.78 Å². The van der Waals surface area contributed by atoms with Gasteiger partial charge in [-0.05, 0) is 6.92 Å². The summed E-state index contributed by atoms with van der Waals surface area (Å²) in [5.74, 6) is 1.91. The lowest BCUT2D eigenvalue weighted by Gasteiger charge is -2.25. The molecule has 12 heavy (non-hydrogen) atoms. The summed E-state index contributed by atoms with van der Waals surface area (Å²) in [6.07, 6.45) is 0.496. The molecule has 0 unspecified atom stereocenters. The monoisotopic (exact) mass is 187 g/mol. The molecule has 0 spiro atoms. The number of nitrogens with zero attached hydrogens (tertiary/aromatic N) is 1. The highest BCUT2D eigenvalue weighted by Crippen LogP contribution is 2.10. The fraction of sp³-hybridized carbons (Fsp3) is 0.750. The molecule has 1 heterocycles. The van der Waals surface area contributed by atoms with E-state index in [1.807, 2.05) is 0 Å². The minimum atomic E-state index is 0.154. The van der Waals surface area contributed by atoms with Gasteiger partial charge >= 0.3 is 0 Å². The van der Waals surface area contributed by atoms with Crippen molar-refractivity contribution in [3.63, 3.8) is 0 Å². The van der Waals surface area contributed by atoms with Gasteiger partial charge in [-0.2, -0.15) is 11.8 Å². The van der Waals surface area contributed by atoms with Crippen molar-refractivity contribution in [2.75, 3.05) is 24.6 Å². The lowest BCUT2D eigenvalue weighted by Crippen LogP contribution is -2.39. The van der Waals surface area contributed by atoms with Gasteiger partial charge in [-0.1, -0.05) is 0 Å². The molecular formula is C8H13NO2S. The van der Waals surface area contributed by atoms with Gasteiger partial charge in [-0.25, -0.2) is 0 Å². The van der Waals surface area contributed by atoms with Crippen molar-refractivity contribution in [1.82, 2.24) is 4.90 Å². The molecule has 0 saturated carbocycles. The summed E-state index contributed by atoms with van der Waals surface area (Å²) < 4.78 is 0. The van der Waals surface area contributed by atoms with Gasteiger partial charge in [0.05, 0.1) is 5.75 Å². The Morgan fingerprint density at radius 3 is 3.00 bits per heavy atom. The SMILES string of the molecule is CC(=O)CCN1CCSCC1=O. The fourth-order valence-electron chi connectivity index (χ4n) is 1.08. The Bertz CT molecular complexity index is 193. The molecule has 1 aliphatic heterocycles. The van der Waals surface area contributed by atoms with E-state index in [0.29, 0.717) is 18.7 Å². The summed E-state index contributed by atoms with van der Waals surface area (Å²) in [6.45, 7) is 2.97. The van der Waals surface area contributed by atoms with E-state index in [-0.39, 0.29) is 11.7 Å². The highest BCUT2D eigenvalue weighted by atomic mass is 32.2. The molecule has 1 amide bonds. The van der Waals surface area contributed by atoms with Gasteiger partial charge in [0.25, 0.3) is 0 Å². The van der Waals surface area contributed by atoms with E-state index in [4.69, 9.17) is 0 Å². The van der Waals surface area contributed by atoms with Gasteiger partial charge in [0.15, 0.2) is 0 Å². The second-order valence-corrected chi connectivity index (χ2v) is 3.99. The van der Waals surface area contributed by atoms with Crippen molar-refractivity contribution < 1.29 is 9.59 Å². The lowest BCUT2D eigenvalue weighted by molar-refractivity contribution is -0.129. The molecule has 0 aliphatic carbocycles. The van der Waals surface area contributed by atoms with Gasteiger partial charge in [0, 0.05) is 25.3 Å². The first-order valence-corrected chi connectivity index (χ1v) is 5.20. The number of hydrogen-bond donors (Lipinski definition) is 0. The van der Waals surface area contributed by atoms with Crippen molar-refractivity contribution in [3.8, 4) is 0 Å². The molecule has 0 atom stereocenters.